The first-order valence-corrected chi connectivity index (χ1v) is 4.66. The summed E-state index contributed by atoms with van der Waals surface area (Å²) in [6, 6.07) is 1.25. The molecule has 0 saturated carbocycles. The molecule has 1 rings (SSSR count). The third-order valence-electron chi connectivity index (χ3n) is 2.31. The van der Waals surface area contributed by atoms with Crippen LogP contribution in [-0.2, 0) is 10.3 Å². The molecule has 1 atom stereocenters. The number of carbonyl (C=O) groups excluding carboxylic acids is 1. The van der Waals surface area contributed by atoms with Crippen molar-refractivity contribution < 1.29 is 9.18 Å². The third kappa shape index (κ3) is 2.30. The van der Waals surface area contributed by atoms with Crippen LogP contribution < -0.4 is 11.1 Å². The average molecular weight is 211 g/mol. The molecular formula is C10H14FN3O. The van der Waals surface area contributed by atoms with E-state index in [0.717, 1.165) is 6.20 Å². The van der Waals surface area contributed by atoms with Gasteiger partial charge in [0.25, 0.3) is 0 Å². The highest BCUT2D eigenvalue weighted by Crippen LogP contribution is 2.19. The van der Waals surface area contributed by atoms with Gasteiger partial charge in [-0.15, -0.1) is 0 Å². The Morgan fingerprint density at radius 2 is 2.33 bits per heavy atom. The van der Waals surface area contributed by atoms with Crippen LogP contribution in [0.3, 0.4) is 0 Å². The fourth-order valence-corrected chi connectivity index (χ4v) is 1.37. The van der Waals surface area contributed by atoms with E-state index in [1.807, 2.05) is 6.92 Å². The Labute approximate surface area is 87.7 Å². The zero-order valence-corrected chi connectivity index (χ0v) is 8.75. The maximum absolute atomic E-state index is 13.0. The van der Waals surface area contributed by atoms with Gasteiger partial charge in [-0.25, -0.2) is 4.39 Å². The van der Waals surface area contributed by atoms with Gasteiger partial charge in [0.15, 0.2) is 0 Å². The van der Waals surface area contributed by atoms with Crippen LogP contribution in [0.4, 0.5) is 4.39 Å². The molecule has 4 nitrogen and oxygen atoms in total. The van der Waals surface area contributed by atoms with Crippen molar-refractivity contribution in [1.82, 2.24) is 10.3 Å². The van der Waals surface area contributed by atoms with Crippen molar-refractivity contribution in [3.8, 4) is 0 Å². The van der Waals surface area contributed by atoms with E-state index in [4.69, 9.17) is 5.73 Å². The molecule has 5 heteroatoms. The molecule has 0 radical (unpaired) electrons. The normalized spacial score (nSPS) is 14.6. The first-order chi connectivity index (χ1) is 7.00. The number of pyridine rings is 1. The summed E-state index contributed by atoms with van der Waals surface area (Å²) in [5.41, 5.74) is 4.64. The number of nitrogens with two attached hydrogens (primary N) is 1. The molecule has 0 aliphatic carbocycles. The van der Waals surface area contributed by atoms with Gasteiger partial charge in [-0.1, -0.05) is 6.92 Å². The lowest BCUT2D eigenvalue weighted by Gasteiger charge is -2.27. The van der Waals surface area contributed by atoms with Crippen molar-refractivity contribution in [2.75, 3.05) is 6.54 Å². The minimum atomic E-state index is -1.08. The van der Waals surface area contributed by atoms with Gasteiger partial charge in [0, 0.05) is 11.8 Å². The molecule has 0 spiro atoms. The number of likely N-dealkylation sites (N-methyl/N-ethyl adjacent to an activating group) is 1. The average Bonchev–Trinajstić information content (AvgIpc) is 2.17. The van der Waals surface area contributed by atoms with Crippen molar-refractivity contribution in [3.63, 3.8) is 0 Å². The van der Waals surface area contributed by atoms with Gasteiger partial charge in [0.1, 0.15) is 11.4 Å². The number of amides is 1. The van der Waals surface area contributed by atoms with Crippen LogP contribution in [0.5, 0.6) is 0 Å². The Hall–Kier alpha value is -1.49. The number of hydrogen-bond acceptors (Lipinski definition) is 3. The summed E-state index contributed by atoms with van der Waals surface area (Å²) in [5, 5.41) is 2.92. The standard InChI is InChI=1S/C10H14FN3O/c1-3-14-10(2,9(12)15)7-4-8(11)6-13-5-7/h4-6,14H,3H2,1-2H3,(H2,12,15). The van der Waals surface area contributed by atoms with Crippen molar-refractivity contribution >= 4 is 5.91 Å². The van der Waals surface area contributed by atoms with E-state index in [2.05, 4.69) is 10.3 Å². The highest BCUT2D eigenvalue weighted by Gasteiger charge is 2.32. The molecule has 0 saturated heterocycles. The largest absolute Gasteiger partial charge is 0.368 e. The van der Waals surface area contributed by atoms with E-state index in [1.54, 1.807) is 6.92 Å². The van der Waals surface area contributed by atoms with Crippen molar-refractivity contribution in [2.24, 2.45) is 5.73 Å². The highest BCUT2D eigenvalue weighted by atomic mass is 19.1. The number of aromatic nitrogens is 1. The zero-order chi connectivity index (χ0) is 11.5. The van der Waals surface area contributed by atoms with Gasteiger partial charge < -0.3 is 11.1 Å². The van der Waals surface area contributed by atoms with E-state index in [-0.39, 0.29) is 0 Å². The van der Waals surface area contributed by atoms with E-state index in [9.17, 15) is 9.18 Å². The summed E-state index contributed by atoms with van der Waals surface area (Å²) in [7, 11) is 0. The fourth-order valence-electron chi connectivity index (χ4n) is 1.37. The topological polar surface area (TPSA) is 68.0 Å². The van der Waals surface area contributed by atoms with Crippen LogP contribution >= 0.6 is 0 Å². The number of nitrogens with zero attached hydrogens (tertiary/aromatic N) is 1. The summed E-state index contributed by atoms with van der Waals surface area (Å²) in [4.78, 5) is 15.0. The summed E-state index contributed by atoms with van der Waals surface area (Å²) >= 11 is 0. The molecule has 3 N–H and O–H groups in total. The maximum Gasteiger partial charge on any atom is 0.242 e. The number of primary amides is 1. The molecule has 1 aromatic heterocycles. The number of rotatable bonds is 4. The monoisotopic (exact) mass is 211 g/mol. The molecule has 15 heavy (non-hydrogen) atoms. The molecule has 1 aromatic rings. The van der Waals surface area contributed by atoms with Crippen molar-refractivity contribution in [2.45, 2.75) is 19.4 Å². The Morgan fingerprint density at radius 1 is 1.67 bits per heavy atom. The zero-order valence-electron chi connectivity index (χ0n) is 8.75. The number of carbonyl (C=O) groups is 1. The first kappa shape index (κ1) is 11.6. The van der Waals surface area contributed by atoms with Crippen LogP contribution in [-0.4, -0.2) is 17.4 Å². The number of hydrogen-bond donors (Lipinski definition) is 2. The summed E-state index contributed by atoms with van der Waals surface area (Å²) < 4.78 is 13.0. The lowest BCUT2D eigenvalue weighted by atomic mass is 9.92. The van der Waals surface area contributed by atoms with Crippen molar-refractivity contribution in [1.29, 1.82) is 0 Å². The number of nitrogens with one attached hydrogen (secondary N) is 1. The molecule has 1 heterocycles. The predicted octanol–water partition coefficient (Wildman–Crippen LogP) is 0.531. The molecule has 0 bridgehead atoms. The minimum absolute atomic E-state index is 0.428. The highest BCUT2D eigenvalue weighted by molar-refractivity contribution is 5.85. The van der Waals surface area contributed by atoms with E-state index in [1.165, 1.54) is 12.3 Å². The van der Waals surface area contributed by atoms with Gasteiger partial charge in [-0.3, -0.25) is 9.78 Å². The smallest absolute Gasteiger partial charge is 0.242 e. The van der Waals surface area contributed by atoms with Crippen LogP contribution in [0.15, 0.2) is 18.5 Å². The van der Waals surface area contributed by atoms with Crippen LogP contribution in [0.1, 0.15) is 19.4 Å². The fraction of sp³-hybridized carbons (Fsp3) is 0.400. The summed E-state index contributed by atoms with van der Waals surface area (Å²) in [6.07, 6.45) is 2.51. The molecule has 1 amide bonds. The van der Waals surface area contributed by atoms with Crippen LogP contribution in [0.2, 0.25) is 0 Å². The Balaban J connectivity index is 3.15. The lowest BCUT2D eigenvalue weighted by molar-refractivity contribution is -0.124. The van der Waals surface area contributed by atoms with Crippen molar-refractivity contribution in [3.05, 3.63) is 29.8 Å². The third-order valence-corrected chi connectivity index (χ3v) is 2.31. The summed E-state index contributed by atoms with van der Waals surface area (Å²) in [6.45, 7) is 4.00. The minimum Gasteiger partial charge on any atom is -0.368 e. The molecular weight excluding hydrogens is 197 g/mol. The SMILES string of the molecule is CCNC(C)(C(N)=O)c1cncc(F)c1. The molecule has 0 aliphatic rings. The van der Waals surface area contributed by atoms with Crippen LogP contribution in [0, 0.1) is 5.82 Å². The summed E-state index contributed by atoms with van der Waals surface area (Å²) in [5.74, 6) is -1.05. The lowest BCUT2D eigenvalue weighted by Crippen LogP contribution is -2.50. The van der Waals surface area contributed by atoms with Gasteiger partial charge in [0.05, 0.1) is 6.20 Å². The molecule has 0 aliphatic heterocycles. The van der Waals surface area contributed by atoms with Crippen LogP contribution in [0.25, 0.3) is 0 Å². The molecule has 82 valence electrons. The molecule has 0 fully saturated rings. The Bertz CT molecular complexity index is 369. The molecule has 1 unspecified atom stereocenters. The van der Waals surface area contributed by atoms with E-state index >= 15 is 0 Å². The van der Waals surface area contributed by atoms with Gasteiger partial charge in [-0.2, -0.15) is 0 Å². The predicted molar refractivity (Wildman–Crippen MR) is 54.4 cm³/mol. The van der Waals surface area contributed by atoms with Gasteiger partial charge >= 0.3 is 0 Å². The molecule has 0 aromatic carbocycles. The maximum atomic E-state index is 13.0. The number of halogens is 1. The quantitative estimate of drug-likeness (QED) is 0.763. The Morgan fingerprint density at radius 3 is 2.80 bits per heavy atom. The second-order valence-electron chi connectivity index (χ2n) is 3.41. The van der Waals surface area contributed by atoms with Gasteiger partial charge in [0.2, 0.25) is 5.91 Å². The van der Waals surface area contributed by atoms with Gasteiger partial charge in [-0.05, 0) is 19.5 Å². The van der Waals surface area contributed by atoms with E-state index in [0.29, 0.717) is 12.1 Å². The van der Waals surface area contributed by atoms with E-state index < -0.39 is 17.3 Å². The first-order valence-electron chi connectivity index (χ1n) is 4.66. The second-order valence-corrected chi connectivity index (χ2v) is 3.41. The Kier molecular flexibility index (Phi) is 3.36. The second kappa shape index (κ2) is 4.35.